The summed E-state index contributed by atoms with van der Waals surface area (Å²) < 4.78 is 13.5. The Hall–Kier alpha value is -0.900. The highest BCUT2D eigenvalue weighted by molar-refractivity contribution is 9.10. The van der Waals surface area contributed by atoms with E-state index in [0.717, 1.165) is 19.3 Å². The number of nitrogens with one attached hydrogen (secondary N) is 1. The lowest BCUT2D eigenvalue weighted by molar-refractivity contribution is 0.0932. The Morgan fingerprint density at radius 1 is 1.47 bits per heavy atom. The van der Waals surface area contributed by atoms with Crippen LogP contribution in [0.25, 0.3) is 0 Å². The number of rotatable bonds is 5. The molecule has 1 aromatic rings. The maximum absolute atomic E-state index is 13.3. The van der Waals surface area contributed by atoms with E-state index >= 15 is 0 Å². The molecule has 1 atom stereocenters. The zero-order valence-electron chi connectivity index (χ0n) is 10.1. The van der Waals surface area contributed by atoms with Crippen LogP contribution in [-0.4, -0.2) is 11.9 Å². The van der Waals surface area contributed by atoms with Crippen molar-refractivity contribution in [2.45, 2.75) is 39.2 Å². The third kappa shape index (κ3) is 3.80. The van der Waals surface area contributed by atoms with Crippen molar-refractivity contribution in [3.8, 4) is 0 Å². The molecule has 1 rings (SSSR count). The molecule has 1 aromatic carbocycles. The molecule has 0 saturated heterocycles. The smallest absolute Gasteiger partial charge is 0.252 e. The molecule has 1 N–H and O–H groups in total. The lowest BCUT2D eigenvalue weighted by atomic mass is 10.1. The number of halogens is 2. The molecule has 1 amide bonds. The first-order valence-corrected chi connectivity index (χ1v) is 6.64. The first-order chi connectivity index (χ1) is 8.10. The zero-order valence-corrected chi connectivity index (χ0v) is 11.7. The SMILES string of the molecule is CCCC(CC)NC(=O)c1cccc(F)c1Br. The molecule has 0 spiro atoms. The molecular weight excluding hydrogens is 285 g/mol. The van der Waals surface area contributed by atoms with Crippen LogP contribution in [0.4, 0.5) is 4.39 Å². The van der Waals surface area contributed by atoms with Crippen molar-refractivity contribution in [3.63, 3.8) is 0 Å². The first-order valence-electron chi connectivity index (χ1n) is 5.85. The third-order valence-corrected chi connectivity index (χ3v) is 3.47. The van der Waals surface area contributed by atoms with Crippen LogP contribution in [0.3, 0.4) is 0 Å². The molecule has 94 valence electrons. The second kappa shape index (κ2) is 6.74. The normalized spacial score (nSPS) is 12.2. The van der Waals surface area contributed by atoms with Crippen LogP contribution in [0.1, 0.15) is 43.5 Å². The minimum absolute atomic E-state index is 0.155. The Bertz CT molecular complexity index is 395. The molecule has 0 aliphatic heterocycles. The lowest BCUT2D eigenvalue weighted by Gasteiger charge is -2.16. The van der Waals surface area contributed by atoms with Crippen LogP contribution in [0, 0.1) is 5.82 Å². The van der Waals surface area contributed by atoms with Gasteiger partial charge in [-0.05, 0) is 40.9 Å². The summed E-state index contributed by atoms with van der Waals surface area (Å²) in [5, 5.41) is 2.92. The summed E-state index contributed by atoms with van der Waals surface area (Å²) in [6.45, 7) is 4.11. The van der Waals surface area contributed by atoms with Crippen molar-refractivity contribution in [1.29, 1.82) is 0 Å². The van der Waals surface area contributed by atoms with E-state index in [9.17, 15) is 9.18 Å². The molecule has 1 unspecified atom stereocenters. The van der Waals surface area contributed by atoms with Gasteiger partial charge < -0.3 is 5.32 Å². The second-order valence-corrected chi connectivity index (χ2v) is 4.76. The van der Waals surface area contributed by atoms with Gasteiger partial charge in [-0.1, -0.05) is 26.3 Å². The predicted molar refractivity (Wildman–Crippen MR) is 70.6 cm³/mol. The number of hydrogen-bond acceptors (Lipinski definition) is 1. The molecule has 17 heavy (non-hydrogen) atoms. The monoisotopic (exact) mass is 301 g/mol. The van der Waals surface area contributed by atoms with Gasteiger partial charge >= 0.3 is 0 Å². The highest BCUT2D eigenvalue weighted by atomic mass is 79.9. The Kier molecular flexibility index (Phi) is 5.62. The van der Waals surface area contributed by atoms with E-state index in [1.54, 1.807) is 6.07 Å². The van der Waals surface area contributed by atoms with Gasteiger partial charge in [-0.2, -0.15) is 0 Å². The summed E-state index contributed by atoms with van der Waals surface area (Å²) in [6.07, 6.45) is 2.84. The van der Waals surface area contributed by atoms with Gasteiger partial charge in [0.05, 0.1) is 10.0 Å². The standard InChI is InChI=1S/C13H17BrFNO/c1-3-6-9(4-2)16-13(17)10-7-5-8-11(15)12(10)14/h5,7-9H,3-4,6H2,1-2H3,(H,16,17). The van der Waals surface area contributed by atoms with Crippen LogP contribution in [0.5, 0.6) is 0 Å². The van der Waals surface area contributed by atoms with Crippen molar-refractivity contribution in [2.24, 2.45) is 0 Å². The van der Waals surface area contributed by atoms with E-state index in [1.807, 2.05) is 6.92 Å². The van der Waals surface area contributed by atoms with Crippen molar-refractivity contribution < 1.29 is 9.18 Å². The molecule has 0 fully saturated rings. The average Bonchev–Trinajstić information content (AvgIpc) is 2.31. The second-order valence-electron chi connectivity index (χ2n) is 3.97. The van der Waals surface area contributed by atoms with Crippen LogP contribution < -0.4 is 5.32 Å². The summed E-state index contributed by atoms with van der Waals surface area (Å²) in [5.74, 6) is -0.641. The quantitative estimate of drug-likeness (QED) is 0.878. The fourth-order valence-corrected chi connectivity index (χ4v) is 2.11. The van der Waals surface area contributed by atoms with Gasteiger partial charge in [0, 0.05) is 6.04 Å². The molecule has 0 aliphatic carbocycles. The van der Waals surface area contributed by atoms with E-state index in [4.69, 9.17) is 0 Å². The first kappa shape index (κ1) is 14.2. The van der Waals surface area contributed by atoms with E-state index in [2.05, 4.69) is 28.2 Å². The summed E-state index contributed by atoms with van der Waals surface area (Å²) >= 11 is 3.10. The third-order valence-electron chi connectivity index (χ3n) is 2.66. The van der Waals surface area contributed by atoms with E-state index in [1.165, 1.54) is 12.1 Å². The topological polar surface area (TPSA) is 29.1 Å². The van der Waals surface area contributed by atoms with Crippen LogP contribution >= 0.6 is 15.9 Å². The molecule has 2 nitrogen and oxygen atoms in total. The Morgan fingerprint density at radius 3 is 2.76 bits per heavy atom. The summed E-state index contributed by atoms with van der Waals surface area (Å²) in [4.78, 5) is 12.0. The predicted octanol–water partition coefficient (Wildman–Crippen LogP) is 3.90. The summed E-state index contributed by atoms with van der Waals surface area (Å²) in [5.41, 5.74) is 0.347. The summed E-state index contributed by atoms with van der Waals surface area (Å²) in [6, 6.07) is 4.63. The van der Waals surface area contributed by atoms with Gasteiger partial charge in [-0.3, -0.25) is 4.79 Å². The van der Waals surface area contributed by atoms with Gasteiger partial charge in [0.25, 0.3) is 5.91 Å². The Morgan fingerprint density at radius 2 is 2.18 bits per heavy atom. The number of carbonyl (C=O) groups is 1. The molecule has 0 saturated carbocycles. The van der Waals surface area contributed by atoms with Crippen LogP contribution in [-0.2, 0) is 0 Å². The van der Waals surface area contributed by atoms with Crippen LogP contribution in [0.15, 0.2) is 22.7 Å². The minimum Gasteiger partial charge on any atom is -0.349 e. The molecule has 0 heterocycles. The molecule has 0 bridgehead atoms. The molecule has 0 aromatic heterocycles. The minimum atomic E-state index is -0.416. The van der Waals surface area contributed by atoms with Crippen molar-refractivity contribution in [3.05, 3.63) is 34.1 Å². The molecule has 0 aliphatic rings. The van der Waals surface area contributed by atoms with Gasteiger partial charge in [-0.25, -0.2) is 4.39 Å². The number of amides is 1. The average molecular weight is 302 g/mol. The summed E-state index contributed by atoms with van der Waals surface area (Å²) in [7, 11) is 0. The van der Waals surface area contributed by atoms with E-state index in [-0.39, 0.29) is 16.4 Å². The fraction of sp³-hybridized carbons (Fsp3) is 0.462. The highest BCUT2D eigenvalue weighted by Crippen LogP contribution is 2.20. The maximum Gasteiger partial charge on any atom is 0.252 e. The number of hydrogen-bond donors (Lipinski definition) is 1. The lowest BCUT2D eigenvalue weighted by Crippen LogP contribution is -2.34. The van der Waals surface area contributed by atoms with Crippen molar-refractivity contribution >= 4 is 21.8 Å². The molecular formula is C13H17BrFNO. The largest absolute Gasteiger partial charge is 0.349 e. The van der Waals surface area contributed by atoms with Crippen molar-refractivity contribution in [2.75, 3.05) is 0 Å². The van der Waals surface area contributed by atoms with E-state index in [0.29, 0.717) is 5.56 Å². The van der Waals surface area contributed by atoms with Crippen LogP contribution in [0.2, 0.25) is 0 Å². The zero-order chi connectivity index (χ0) is 12.8. The molecule has 0 radical (unpaired) electrons. The fourth-order valence-electron chi connectivity index (χ4n) is 1.67. The van der Waals surface area contributed by atoms with E-state index < -0.39 is 5.82 Å². The van der Waals surface area contributed by atoms with Gasteiger partial charge in [-0.15, -0.1) is 0 Å². The maximum atomic E-state index is 13.3. The Labute approximate surface area is 110 Å². The van der Waals surface area contributed by atoms with Gasteiger partial charge in [0.15, 0.2) is 0 Å². The van der Waals surface area contributed by atoms with Gasteiger partial charge in [0.2, 0.25) is 0 Å². The number of benzene rings is 1. The van der Waals surface area contributed by atoms with Gasteiger partial charge in [0.1, 0.15) is 5.82 Å². The van der Waals surface area contributed by atoms with Crippen molar-refractivity contribution in [1.82, 2.24) is 5.32 Å². The Balaban J connectivity index is 2.79. The number of carbonyl (C=O) groups excluding carboxylic acids is 1. The molecule has 4 heteroatoms. The highest BCUT2D eigenvalue weighted by Gasteiger charge is 2.15.